The molecule has 0 saturated heterocycles. The zero-order valence-corrected chi connectivity index (χ0v) is 32.7. The van der Waals surface area contributed by atoms with Crippen molar-refractivity contribution >= 4 is 71.7 Å². The molecule has 4 aliphatic rings. The molecule has 0 spiro atoms. The van der Waals surface area contributed by atoms with Crippen LogP contribution in [0, 0.1) is 0 Å². The van der Waals surface area contributed by atoms with Crippen molar-refractivity contribution in [2.75, 3.05) is 0 Å². The fourth-order valence-electron chi connectivity index (χ4n) is 9.46. The Bertz CT molecular complexity index is 3020. The minimum Gasteiger partial charge on any atom is -0.350 e. The minimum absolute atomic E-state index is 0.102. The molecular formula is C51H38N4S2. The Kier molecular flexibility index (Phi) is 7.78. The zero-order chi connectivity index (χ0) is 37.5. The standard InChI is InChI=1S/C51H38N4S2/c1-3-12-31(13-4-1)49-52-50(32-14-5-2-6-15-32)54-51(53-49)34-23-26-45-41(28-34)48-36(18-11-21-46(48)56-45)33-22-25-39-40-30-35(24-27-44(40)57-47(39)29-33)55-42-19-9-7-16-37(42)38-17-8-10-20-43(38)55/h1-7,9-16,18-30,46,48-49,51,53H,8,17H2,(H,52,54). The van der Waals surface area contributed by atoms with Gasteiger partial charge in [0, 0.05) is 58.6 Å². The number of benzene rings is 6. The average Bonchev–Trinajstić information content (AvgIpc) is 3.95. The van der Waals surface area contributed by atoms with Gasteiger partial charge in [0.25, 0.3) is 0 Å². The number of thiophene rings is 1. The second-order valence-electron chi connectivity index (χ2n) is 15.4. The number of aryl methyl sites for hydroxylation is 1. The van der Waals surface area contributed by atoms with E-state index in [1.165, 1.54) is 75.2 Å². The quantitative estimate of drug-likeness (QED) is 0.183. The van der Waals surface area contributed by atoms with Crippen LogP contribution in [-0.2, 0) is 6.42 Å². The van der Waals surface area contributed by atoms with E-state index in [0.29, 0.717) is 5.25 Å². The molecule has 0 bridgehead atoms. The van der Waals surface area contributed by atoms with Gasteiger partial charge in [0.1, 0.15) is 18.2 Å². The van der Waals surface area contributed by atoms with E-state index >= 15 is 0 Å². The van der Waals surface area contributed by atoms with Crippen molar-refractivity contribution < 1.29 is 0 Å². The van der Waals surface area contributed by atoms with Crippen LogP contribution in [0.1, 0.15) is 63.7 Å². The summed E-state index contributed by atoms with van der Waals surface area (Å²) in [7, 11) is 0. The second kappa shape index (κ2) is 13.3. The molecule has 2 aromatic heterocycles. The van der Waals surface area contributed by atoms with Gasteiger partial charge in [-0.15, -0.1) is 23.1 Å². The molecule has 274 valence electrons. The maximum absolute atomic E-state index is 5.14. The highest BCUT2D eigenvalue weighted by Crippen LogP contribution is 2.54. The summed E-state index contributed by atoms with van der Waals surface area (Å²) in [6.07, 6.45) is 13.6. The lowest BCUT2D eigenvalue weighted by Crippen LogP contribution is -2.45. The van der Waals surface area contributed by atoms with E-state index in [-0.39, 0.29) is 18.2 Å². The van der Waals surface area contributed by atoms with E-state index in [9.17, 15) is 0 Å². The molecule has 4 heterocycles. The summed E-state index contributed by atoms with van der Waals surface area (Å²) in [5.74, 6) is 1.18. The van der Waals surface area contributed by atoms with Crippen LogP contribution in [0.15, 0.2) is 174 Å². The van der Waals surface area contributed by atoms with E-state index in [2.05, 4.69) is 185 Å². The first-order valence-electron chi connectivity index (χ1n) is 19.9. The SMILES string of the molecule is C1=CC2Sc3ccc(C4NC(c5ccccc5)=NC(c5ccccc5)N4)cc3C2C(c2ccc3c(c2)sc2ccc(-n4c5c(c6ccccc64)CCC=C5)cc23)=C1. The first kappa shape index (κ1) is 33.2. The summed E-state index contributed by atoms with van der Waals surface area (Å²) < 4.78 is 5.13. The molecule has 8 aromatic rings. The first-order valence-corrected chi connectivity index (χ1v) is 21.6. The zero-order valence-electron chi connectivity index (χ0n) is 31.1. The van der Waals surface area contributed by atoms with Crippen molar-refractivity contribution in [2.45, 2.75) is 41.2 Å². The highest BCUT2D eigenvalue weighted by atomic mass is 32.2. The smallest absolute Gasteiger partial charge is 0.131 e. The van der Waals surface area contributed by atoms with Crippen LogP contribution >= 0.6 is 23.1 Å². The normalized spacial score (nSPS) is 20.9. The number of amidine groups is 1. The highest BCUT2D eigenvalue weighted by molar-refractivity contribution is 8.00. The lowest BCUT2D eigenvalue weighted by Gasteiger charge is -2.32. The van der Waals surface area contributed by atoms with Gasteiger partial charge in [-0.1, -0.05) is 127 Å². The fraction of sp³-hybridized carbons (Fsp3) is 0.118. The number of nitrogens with one attached hydrogen (secondary N) is 2. The molecule has 57 heavy (non-hydrogen) atoms. The number of allylic oxidation sites excluding steroid dienone is 4. The maximum Gasteiger partial charge on any atom is 0.131 e. The molecular weight excluding hydrogens is 733 g/mol. The third-order valence-corrected chi connectivity index (χ3v) is 14.6. The van der Waals surface area contributed by atoms with E-state index in [1.54, 1.807) is 0 Å². The molecule has 0 radical (unpaired) electrons. The van der Waals surface area contributed by atoms with Crippen LogP contribution in [0.5, 0.6) is 0 Å². The maximum atomic E-state index is 5.14. The molecule has 2 aliphatic carbocycles. The predicted molar refractivity (Wildman–Crippen MR) is 241 cm³/mol. The third kappa shape index (κ3) is 5.50. The largest absolute Gasteiger partial charge is 0.350 e. The number of thioether (sulfide) groups is 1. The summed E-state index contributed by atoms with van der Waals surface area (Å²) in [5.41, 5.74) is 12.9. The molecule has 4 nitrogen and oxygen atoms in total. The van der Waals surface area contributed by atoms with Crippen molar-refractivity contribution in [1.82, 2.24) is 15.2 Å². The van der Waals surface area contributed by atoms with E-state index in [0.717, 1.165) is 29.8 Å². The minimum atomic E-state index is -0.162. The molecule has 4 atom stereocenters. The van der Waals surface area contributed by atoms with Gasteiger partial charge in [-0.3, -0.25) is 5.32 Å². The fourth-order valence-corrected chi connectivity index (χ4v) is 11.9. The molecule has 12 rings (SSSR count). The van der Waals surface area contributed by atoms with Gasteiger partial charge in [0.05, 0.1) is 5.52 Å². The van der Waals surface area contributed by atoms with Crippen molar-refractivity contribution in [3.05, 3.63) is 203 Å². The van der Waals surface area contributed by atoms with E-state index < -0.39 is 0 Å². The van der Waals surface area contributed by atoms with Gasteiger partial charge in [0.2, 0.25) is 0 Å². The molecule has 4 unspecified atom stereocenters. The molecule has 0 fully saturated rings. The molecule has 2 aliphatic heterocycles. The Morgan fingerprint density at radius 3 is 2.47 bits per heavy atom. The predicted octanol–water partition coefficient (Wildman–Crippen LogP) is 12.5. The van der Waals surface area contributed by atoms with Gasteiger partial charge >= 0.3 is 0 Å². The number of para-hydroxylation sites is 1. The average molecular weight is 771 g/mol. The Hall–Kier alpha value is -5.92. The summed E-state index contributed by atoms with van der Waals surface area (Å²) in [4.78, 5) is 6.51. The topological polar surface area (TPSA) is 41.4 Å². The number of aromatic nitrogens is 1. The van der Waals surface area contributed by atoms with Crippen LogP contribution in [-0.4, -0.2) is 15.7 Å². The monoisotopic (exact) mass is 770 g/mol. The van der Waals surface area contributed by atoms with Gasteiger partial charge < -0.3 is 9.88 Å². The molecule has 0 amide bonds. The van der Waals surface area contributed by atoms with Gasteiger partial charge in [0.15, 0.2) is 0 Å². The van der Waals surface area contributed by atoms with Crippen LogP contribution < -0.4 is 10.6 Å². The van der Waals surface area contributed by atoms with Crippen LogP contribution in [0.25, 0.3) is 48.4 Å². The van der Waals surface area contributed by atoms with Crippen molar-refractivity contribution in [3.8, 4) is 5.69 Å². The summed E-state index contributed by atoms with van der Waals surface area (Å²) in [6, 6.07) is 51.2. The highest BCUT2D eigenvalue weighted by Gasteiger charge is 2.37. The summed E-state index contributed by atoms with van der Waals surface area (Å²) in [6.45, 7) is 0. The van der Waals surface area contributed by atoms with Gasteiger partial charge in [-0.05, 0) is 88.7 Å². The van der Waals surface area contributed by atoms with Gasteiger partial charge in [-0.25, -0.2) is 4.99 Å². The molecule has 0 saturated carbocycles. The number of rotatable bonds is 5. The number of hydrogen-bond acceptors (Lipinski definition) is 5. The molecule has 6 heteroatoms. The molecule has 2 N–H and O–H groups in total. The Labute approximate surface area is 340 Å². The summed E-state index contributed by atoms with van der Waals surface area (Å²) >= 11 is 3.90. The van der Waals surface area contributed by atoms with Crippen molar-refractivity contribution in [3.63, 3.8) is 0 Å². The van der Waals surface area contributed by atoms with Gasteiger partial charge in [-0.2, -0.15) is 0 Å². The van der Waals surface area contributed by atoms with Crippen LogP contribution in [0.2, 0.25) is 0 Å². The number of hydrogen-bond donors (Lipinski definition) is 2. The molecule has 6 aromatic carbocycles. The van der Waals surface area contributed by atoms with Crippen LogP contribution in [0.3, 0.4) is 0 Å². The number of fused-ring (bicyclic) bond motifs is 9. The third-order valence-electron chi connectivity index (χ3n) is 12.1. The lowest BCUT2D eigenvalue weighted by atomic mass is 9.81. The van der Waals surface area contributed by atoms with Crippen LogP contribution in [0.4, 0.5) is 0 Å². The van der Waals surface area contributed by atoms with E-state index in [1.807, 2.05) is 23.1 Å². The Morgan fingerprint density at radius 1 is 0.702 bits per heavy atom. The Balaban J connectivity index is 0.898. The first-order chi connectivity index (χ1) is 28.2. The van der Waals surface area contributed by atoms with Crippen molar-refractivity contribution in [2.24, 2.45) is 4.99 Å². The lowest BCUT2D eigenvalue weighted by molar-refractivity contribution is 0.408. The number of aliphatic imine (C=N–C) groups is 1. The second-order valence-corrected chi connectivity index (χ2v) is 17.7. The van der Waals surface area contributed by atoms with E-state index in [4.69, 9.17) is 4.99 Å². The Morgan fingerprint density at radius 2 is 1.56 bits per heavy atom. The number of nitrogens with zero attached hydrogens (tertiary/aromatic N) is 2. The summed E-state index contributed by atoms with van der Waals surface area (Å²) in [5, 5.41) is 12.0. The van der Waals surface area contributed by atoms with Crippen molar-refractivity contribution in [1.29, 1.82) is 0 Å².